The van der Waals surface area contributed by atoms with Crippen LogP contribution in [0.5, 0.6) is 5.75 Å². The Balaban J connectivity index is 1.35. The molecule has 1 amide bonds. The second kappa shape index (κ2) is 8.77. The van der Waals surface area contributed by atoms with Crippen LogP contribution in [0, 0.1) is 20.8 Å². The first-order valence-electron chi connectivity index (χ1n) is 9.98. The Labute approximate surface area is 185 Å². The zero-order valence-electron chi connectivity index (χ0n) is 18.0. The van der Waals surface area contributed by atoms with Gasteiger partial charge in [-0.05, 0) is 49.4 Å². The van der Waals surface area contributed by atoms with Gasteiger partial charge in [-0.3, -0.25) is 14.2 Å². The van der Waals surface area contributed by atoms with Crippen molar-refractivity contribution in [2.24, 2.45) is 7.05 Å². The summed E-state index contributed by atoms with van der Waals surface area (Å²) in [7, 11) is 1.90. The van der Waals surface area contributed by atoms with Crippen LogP contribution in [-0.2, 0) is 20.2 Å². The molecule has 4 aromatic rings. The normalized spacial score (nSPS) is 11.0. The molecule has 7 nitrogen and oxygen atoms in total. The van der Waals surface area contributed by atoms with Gasteiger partial charge in [-0.15, -0.1) is 11.3 Å². The molecule has 0 aliphatic heterocycles. The van der Waals surface area contributed by atoms with Crippen LogP contribution in [0.1, 0.15) is 37.6 Å². The highest BCUT2D eigenvalue weighted by Crippen LogP contribution is 2.23. The van der Waals surface area contributed by atoms with E-state index >= 15 is 0 Å². The third-order valence-corrected chi connectivity index (χ3v) is 6.14. The number of carbonyl (C=O) groups is 1. The van der Waals surface area contributed by atoms with Gasteiger partial charge in [0.15, 0.2) is 0 Å². The molecule has 0 saturated carbocycles. The Hall–Kier alpha value is -3.39. The molecule has 31 heavy (non-hydrogen) atoms. The Morgan fingerprint density at radius 3 is 2.84 bits per heavy atom. The lowest BCUT2D eigenvalue weighted by Gasteiger charge is -2.09. The molecule has 0 radical (unpaired) electrons. The molecular formula is C23H25N5O2S. The van der Waals surface area contributed by atoms with E-state index in [1.165, 1.54) is 16.9 Å². The lowest BCUT2D eigenvalue weighted by atomic mass is 10.1. The van der Waals surface area contributed by atoms with Crippen LogP contribution >= 0.6 is 11.3 Å². The van der Waals surface area contributed by atoms with Gasteiger partial charge in [0.25, 0.3) is 5.91 Å². The predicted octanol–water partition coefficient (Wildman–Crippen LogP) is 4.48. The van der Waals surface area contributed by atoms with E-state index in [1.54, 1.807) is 15.6 Å². The number of benzene rings is 1. The SMILES string of the molecule is Cc1cccc(OCc2csc(C(=O)Nc3cnn(Cc4cn(C)nc4C)c3)c2)c1C. The third kappa shape index (κ3) is 4.86. The van der Waals surface area contributed by atoms with E-state index in [2.05, 4.69) is 28.5 Å². The Morgan fingerprint density at radius 2 is 2.06 bits per heavy atom. The van der Waals surface area contributed by atoms with Crippen LogP contribution in [-0.4, -0.2) is 25.5 Å². The van der Waals surface area contributed by atoms with E-state index in [0.717, 1.165) is 28.1 Å². The van der Waals surface area contributed by atoms with Crippen molar-refractivity contribution in [3.8, 4) is 5.75 Å². The van der Waals surface area contributed by atoms with Crippen molar-refractivity contribution in [3.05, 3.63) is 81.1 Å². The van der Waals surface area contributed by atoms with Crippen molar-refractivity contribution >= 4 is 22.9 Å². The molecule has 1 aromatic carbocycles. The first-order chi connectivity index (χ1) is 14.9. The summed E-state index contributed by atoms with van der Waals surface area (Å²) in [5.74, 6) is 0.716. The summed E-state index contributed by atoms with van der Waals surface area (Å²) in [6.07, 6.45) is 5.45. The predicted molar refractivity (Wildman–Crippen MR) is 122 cm³/mol. The van der Waals surface area contributed by atoms with E-state index in [9.17, 15) is 4.79 Å². The van der Waals surface area contributed by atoms with Crippen LogP contribution in [0.4, 0.5) is 5.69 Å². The average molecular weight is 436 g/mol. The zero-order valence-corrected chi connectivity index (χ0v) is 18.9. The van der Waals surface area contributed by atoms with Gasteiger partial charge in [0.2, 0.25) is 0 Å². The van der Waals surface area contributed by atoms with Crippen LogP contribution in [0.2, 0.25) is 0 Å². The maximum atomic E-state index is 12.6. The minimum atomic E-state index is -0.153. The van der Waals surface area contributed by atoms with Crippen LogP contribution < -0.4 is 10.1 Å². The summed E-state index contributed by atoms with van der Waals surface area (Å²) < 4.78 is 9.52. The molecule has 4 rings (SSSR count). The first-order valence-corrected chi connectivity index (χ1v) is 10.9. The van der Waals surface area contributed by atoms with Crippen molar-refractivity contribution in [2.75, 3.05) is 5.32 Å². The summed E-state index contributed by atoms with van der Waals surface area (Å²) in [6, 6.07) is 7.89. The monoisotopic (exact) mass is 435 g/mol. The summed E-state index contributed by atoms with van der Waals surface area (Å²) in [4.78, 5) is 13.3. The number of aryl methyl sites for hydroxylation is 3. The van der Waals surface area contributed by atoms with Crippen molar-refractivity contribution in [3.63, 3.8) is 0 Å². The van der Waals surface area contributed by atoms with Gasteiger partial charge in [0.1, 0.15) is 12.4 Å². The van der Waals surface area contributed by atoms with E-state index in [-0.39, 0.29) is 5.91 Å². The van der Waals surface area contributed by atoms with Gasteiger partial charge in [0, 0.05) is 30.6 Å². The van der Waals surface area contributed by atoms with Crippen LogP contribution in [0.25, 0.3) is 0 Å². The number of aromatic nitrogens is 4. The summed E-state index contributed by atoms with van der Waals surface area (Å²) >= 11 is 1.40. The van der Waals surface area contributed by atoms with Gasteiger partial charge in [-0.25, -0.2) is 0 Å². The summed E-state index contributed by atoms with van der Waals surface area (Å²) in [5, 5.41) is 13.6. The Morgan fingerprint density at radius 1 is 1.23 bits per heavy atom. The summed E-state index contributed by atoms with van der Waals surface area (Å²) in [5.41, 5.74) is 6.02. The van der Waals surface area contributed by atoms with Gasteiger partial charge in [-0.2, -0.15) is 10.2 Å². The first kappa shape index (κ1) is 20.9. The smallest absolute Gasteiger partial charge is 0.265 e. The fourth-order valence-corrected chi connectivity index (χ4v) is 4.09. The largest absolute Gasteiger partial charge is 0.489 e. The van der Waals surface area contributed by atoms with E-state index in [4.69, 9.17) is 4.74 Å². The molecule has 0 fully saturated rings. The minimum Gasteiger partial charge on any atom is -0.489 e. The second-order valence-corrected chi connectivity index (χ2v) is 8.51. The lowest BCUT2D eigenvalue weighted by molar-refractivity contribution is 0.103. The van der Waals surface area contributed by atoms with Crippen molar-refractivity contribution < 1.29 is 9.53 Å². The molecule has 0 aliphatic rings. The fourth-order valence-electron chi connectivity index (χ4n) is 3.30. The molecular weight excluding hydrogens is 410 g/mol. The van der Waals surface area contributed by atoms with Gasteiger partial charge in [0.05, 0.1) is 29.0 Å². The second-order valence-electron chi connectivity index (χ2n) is 7.60. The molecule has 0 spiro atoms. The van der Waals surface area contributed by atoms with E-state index in [0.29, 0.717) is 23.7 Å². The fraction of sp³-hybridized carbons (Fsp3) is 0.261. The molecule has 0 atom stereocenters. The molecule has 3 heterocycles. The number of hydrogen-bond acceptors (Lipinski definition) is 5. The quantitative estimate of drug-likeness (QED) is 0.464. The molecule has 160 valence electrons. The topological polar surface area (TPSA) is 74.0 Å². The number of hydrogen-bond donors (Lipinski definition) is 1. The highest BCUT2D eigenvalue weighted by atomic mass is 32.1. The summed E-state index contributed by atoms with van der Waals surface area (Å²) in [6.45, 7) is 7.12. The number of nitrogens with one attached hydrogen (secondary N) is 1. The number of anilines is 1. The molecule has 0 aliphatic carbocycles. The molecule has 0 saturated heterocycles. The van der Waals surface area contributed by atoms with Crippen LogP contribution in [0.3, 0.4) is 0 Å². The van der Waals surface area contributed by atoms with Gasteiger partial charge in [-0.1, -0.05) is 12.1 Å². The maximum Gasteiger partial charge on any atom is 0.265 e. The number of nitrogens with zero attached hydrogens (tertiary/aromatic N) is 4. The number of ether oxygens (including phenoxy) is 1. The molecule has 0 bridgehead atoms. The number of thiophene rings is 1. The molecule has 3 aromatic heterocycles. The Bertz CT molecular complexity index is 1220. The molecule has 1 N–H and O–H groups in total. The minimum absolute atomic E-state index is 0.153. The highest BCUT2D eigenvalue weighted by Gasteiger charge is 2.12. The highest BCUT2D eigenvalue weighted by molar-refractivity contribution is 7.12. The maximum absolute atomic E-state index is 12.6. The van der Waals surface area contributed by atoms with Crippen molar-refractivity contribution in [1.29, 1.82) is 0 Å². The van der Waals surface area contributed by atoms with E-state index in [1.807, 2.05) is 56.9 Å². The number of amides is 1. The average Bonchev–Trinajstić information content (AvgIpc) is 3.44. The van der Waals surface area contributed by atoms with Crippen molar-refractivity contribution in [1.82, 2.24) is 19.6 Å². The standard InChI is InChI=1S/C23H25N5O2S/c1-15-6-5-7-21(16(15)2)30-13-18-8-22(31-14-18)23(29)25-20-9-24-28(12-20)11-19-10-27(4)26-17(19)3/h5-10,12,14H,11,13H2,1-4H3,(H,25,29). The van der Waals surface area contributed by atoms with Gasteiger partial charge >= 0.3 is 0 Å². The number of rotatable bonds is 7. The Kier molecular flexibility index (Phi) is 5.90. The van der Waals surface area contributed by atoms with Crippen LogP contribution in [0.15, 0.2) is 48.2 Å². The van der Waals surface area contributed by atoms with Gasteiger partial charge < -0.3 is 10.1 Å². The third-order valence-electron chi connectivity index (χ3n) is 5.17. The number of carbonyl (C=O) groups excluding carboxylic acids is 1. The lowest BCUT2D eigenvalue weighted by Crippen LogP contribution is -2.09. The molecule has 0 unspecified atom stereocenters. The van der Waals surface area contributed by atoms with E-state index < -0.39 is 0 Å². The molecule has 8 heteroatoms. The zero-order chi connectivity index (χ0) is 22.0. The van der Waals surface area contributed by atoms with Crippen molar-refractivity contribution in [2.45, 2.75) is 33.9 Å².